The number of allylic oxidation sites excluding steroid dienone is 1. The first-order valence-electron chi connectivity index (χ1n) is 4.42. The van der Waals surface area contributed by atoms with Crippen molar-refractivity contribution in [2.75, 3.05) is 0 Å². The first-order chi connectivity index (χ1) is 4.75. The molecule has 0 heteroatoms. The Labute approximate surface area is 63.3 Å². The van der Waals surface area contributed by atoms with E-state index in [0.29, 0.717) is 0 Å². The summed E-state index contributed by atoms with van der Waals surface area (Å²) in [5.74, 6) is 3.06. The second kappa shape index (κ2) is 2.11. The minimum Gasteiger partial charge on any atom is -0.0998 e. The molecule has 0 heterocycles. The fraction of sp³-hybridized carbons (Fsp3) is 0.800. The smallest absolute Gasteiger partial charge is 0.0292 e. The summed E-state index contributed by atoms with van der Waals surface area (Å²) < 4.78 is 0. The average Bonchev–Trinajstić information content (AvgIpc) is 2.21. The van der Waals surface area contributed by atoms with E-state index in [-0.39, 0.29) is 0 Å². The van der Waals surface area contributed by atoms with Gasteiger partial charge in [-0.3, -0.25) is 0 Å². The van der Waals surface area contributed by atoms with E-state index in [9.17, 15) is 0 Å². The van der Waals surface area contributed by atoms with Crippen LogP contribution >= 0.6 is 0 Å². The maximum absolute atomic E-state index is 4.06. The Bertz CT molecular complexity index is 141. The molecule has 0 aromatic rings. The number of hydrogen-bond donors (Lipinski definition) is 0. The van der Waals surface area contributed by atoms with Gasteiger partial charge in [-0.1, -0.05) is 19.1 Å². The number of fused-ring (bicyclic) bond motifs is 1. The highest BCUT2D eigenvalue weighted by Crippen LogP contribution is 2.48. The van der Waals surface area contributed by atoms with E-state index in [4.69, 9.17) is 0 Å². The van der Waals surface area contributed by atoms with Gasteiger partial charge in [-0.05, 0) is 43.4 Å². The zero-order chi connectivity index (χ0) is 7.14. The van der Waals surface area contributed by atoms with Crippen molar-refractivity contribution in [3.63, 3.8) is 0 Å². The summed E-state index contributed by atoms with van der Waals surface area (Å²) in [6.45, 7) is 6.45. The van der Waals surface area contributed by atoms with Crippen molar-refractivity contribution in [1.29, 1.82) is 0 Å². The van der Waals surface area contributed by atoms with Crippen molar-refractivity contribution in [3.8, 4) is 0 Å². The average molecular weight is 136 g/mol. The third-order valence-electron chi connectivity index (χ3n) is 3.18. The van der Waals surface area contributed by atoms with E-state index in [2.05, 4.69) is 13.5 Å². The molecule has 0 saturated heterocycles. The molecule has 10 heavy (non-hydrogen) atoms. The van der Waals surface area contributed by atoms with Crippen molar-refractivity contribution in [3.05, 3.63) is 12.2 Å². The van der Waals surface area contributed by atoms with Gasteiger partial charge in [0.25, 0.3) is 0 Å². The van der Waals surface area contributed by atoms with Gasteiger partial charge in [0.15, 0.2) is 0 Å². The summed E-state index contributed by atoms with van der Waals surface area (Å²) in [7, 11) is 0. The monoisotopic (exact) mass is 136 g/mol. The maximum Gasteiger partial charge on any atom is -0.0292 e. The van der Waals surface area contributed by atoms with E-state index in [1.807, 2.05) is 0 Å². The van der Waals surface area contributed by atoms with Crippen LogP contribution in [0.15, 0.2) is 12.2 Å². The van der Waals surface area contributed by atoms with Crippen LogP contribution in [-0.4, -0.2) is 0 Å². The molecule has 2 aliphatic carbocycles. The topological polar surface area (TPSA) is 0 Å². The first kappa shape index (κ1) is 6.45. The summed E-state index contributed by atoms with van der Waals surface area (Å²) in [5.41, 5.74) is 1.52. The van der Waals surface area contributed by atoms with Crippen molar-refractivity contribution in [2.45, 2.75) is 32.6 Å². The van der Waals surface area contributed by atoms with Gasteiger partial charge in [0.1, 0.15) is 0 Å². The van der Waals surface area contributed by atoms with Crippen LogP contribution in [0.1, 0.15) is 32.6 Å². The second-order valence-electron chi connectivity index (χ2n) is 4.25. The van der Waals surface area contributed by atoms with Crippen LogP contribution in [0.2, 0.25) is 0 Å². The quantitative estimate of drug-likeness (QED) is 0.449. The lowest BCUT2D eigenvalue weighted by atomic mass is 10.0. The molecule has 0 spiro atoms. The molecule has 0 bridgehead atoms. The predicted octanol–water partition coefficient (Wildman–Crippen LogP) is 3.00. The second-order valence-corrected chi connectivity index (χ2v) is 4.25. The highest BCUT2D eigenvalue weighted by Gasteiger charge is 2.36. The van der Waals surface area contributed by atoms with Gasteiger partial charge in [-0.25, -0.2) is 0 Å². The van der Waals surface area contributed by atoms with E-state index in [0.717, 1.165) is 17.8 Å². The molecular weight excluding hydrogens is 120 g/mol. The number of rotatable bonds is 0. The van der Waals surface area contributed by atoms with Crippen LogP contribution in [-0.2, 0) is 0 Å². The fourth-order valence-corrected chi connectivity index (χ4v) is 2.84. The summed E-state index contributed by atoms with van der Waals surface area (Å²) in [6, 6.07) is 0. The van der Waals surface area contributed by atoms with E-state index in [1.165, 1.54) is 31.3 Å². The molecule has 2 saturated carbocycles. The maximum atomic E-state index is 4.06. The normalized spacial score (nSPS) is 46.1. The molecule has 2 rings (SSSR count). The van der Waals surface area contributed by atoms with Crippen molar-refractivity contribution < 1.29 is 0 Å². The Morgan fingerprint density at radius 2 is 1.70 bits per heavy atom. The molecule has 2 aliphatic rings. The van der Waals surface area contributed by atoms with Gasteiger partial charge in [0.05, 0.1) is 0 Å². The molecule has 0 aromatic carbocycles. The van der Waals surface area contributed by atoms with Crippen LogP contribution in [0.3, 0.4) is 0 Å². The summed E-state index contributed by atoms with van der Waals surface area (Å²) in [4.78, 5) is 0. The molecule has 56 valence electrons. The third kappa shape index (κ3) is 0.902. The van der Waals surface area contributed by atoms with Crippen LogP contribution in [0, 0.1) is 17.8 Å². The van der Waals surface area contributed by atoms with Gasteiger partial charge < -0.3 is 0 Å². The fourth-order valence-electron chi connectivity index (χ4n) is 2.84. The van der Waals surface area contributed by atoms with Gasteiger partial charge in [-0.15, -0.1) is 0 Å². The lowest BCUT2D eigenvalue weighted by Crippen LogP contribution is -1.95. The largest absolute Gasteiger partial charge is 0.0998 e. The summed E-state index contributed by atoms with van der Waals surface area (Å²) in [5, 5.41) is 0. The van der Waals surface area contributed by atoms with Crippen LogP contribution in [0.25, 0.3) is 0 Å². The van der Waals surface area contributed by atoms with Gasteiger partial charge in [-0.2, -0.15) is 0 Å². The Morgan fingerprint density at radius 3 is 2.20 bits per heavy atom. The Balaban J connectivity index is 2.06. The predicted molar refractivity (Wildman–Crippen MR) is 43.8 cm³/mol. The highest BCUT2D eigenvalue weighted by molar-refractivity contribution is 5.08. The molecule has 2 unspecified atom stereocenters. The first-order valence-corrected chi connectivity index (χ1v) is 4.42. The third-order valence-corrected chi connectivity index (χ3v) is 3.18. The van der Waals surface area contributed by atoms with Crippen LogP contribution in [0.5, 0.6) is 0 Å². The summed E-state index contributed by atoms with van der Waals surface area (Å²) in [6.07, 6.45) is 5.64. The van der Waals surface area contributed by atoms with Crippen molar-refractivity contribution in [2.24, 2.45) is 17.8 Å². The highest BCUT2D eigenvalue weighted by atomic mass is 14.4. The molecule has 0 radical (unpaired) electrons. The van der Waals surface area contributed by atoms with E-state index in [1.54, 1.807) is 0 Å². The molecule has 0 amide bonds. The molecule has 0 aliphatic heterocycles. The van der Waals surface area contributed by atoms with Gasteiger partial charge in [0.2, 0.25) is 0 Å². The standard InChI is InChI=1S/C10H16/c1-7-3-9-5-8(2)6-10(9)4-7/h8-10H,1,3-6H2,2H3. The van der Waals surface area contributed by atoms with Crippen molar-refractivity contribution in [1.82, 2.24) is 0 Å². The Hall–Kier alpha value is -0.260. The van der Waals surface area contributed by atoms with Gasteiger partial charge >= 0.3 is 0 Å². The molecule has 0 N–H and O–H groups in total. The molecule has 0 aromatic heterocycles. The van der Waals surface area contributed by atoms with E-state index >= 15 is 0 Å². The van der Waals surface area contributed by atoms with Gasteiger partial charge in [0, 0.05) is 0 Å². The molecule has 0 nitrogen and oxygen atoms in total. The lowest BCUT2D eigenvalue weighted by molar-refractivity contribution is 0.457. The Kier molecular flexibility index (Phi) is 1.36. The van der Waals surface area contributed by atoms with Crippen molar-refractivity contribution >= 4 is 0 Å². The van der Waals surface area contributed by atoms with Crippen LogP contribution < -0.4 is 0 Å². The minimum atomic E-state index is 1.00. The molecule has 2 fully saturated rings. The van der Waals surface area contributed by atoms with E-state index < -0.39 is 0 Å². The Morgan fingerprint density at radius 1 is 1.20 bits per heavy atom. The molecule has 2 atom stereocenters. The zero-order valence-electron chi connectivity index (χ0n) is 6.77. The summed E-state index contributed by atoms with van der Waals surface area (Å²) >= 11 is 0. The molecular formula is C10H16. The zero-order valence-corrected chi connectivity index (χ0v) is 6.77. The number of hydrogen-bond acceptors (Lipinski definition) is 0. The minimum absolute atomic E-state index is 1.00. The SMILES string of the molecule is C=C1CC2CC(C)CC2C1. The lowest BCUT2D eigenvalue weighted by Gasteiger charge is -2.03. The van der Waals surface area contributed by atoms with Crippen LogP contribution in [0.4, 0.5) is 0 Å².